The van der Waals surface area contributed by atoms with Crippen LogP contribution in [0.5, 0.6) is 0 Å². The summed E-state index contributed by atoms with van der Waals surface area (Å²) in [7, 11) is 0. The summed E-state index contributed by atoms with van der Waals surface area (Å²) in [6.07, 6.45) is 2.09. The number of nitrogens with zero attached hydrogens (tertiary/aromatic N) is 1. The van der Waals surface area contributed by atoms with Gasteiger partial charge in [0.25, 0.3) is 5.56 Å². The molecule has 0 radical (unpaired) electrons. The molecule has 1 unspecified atom stereocenters. The first-order chi connectivity index (χ1) is 8.99. The third kappa shape index (κ3) is 3.25. The minimum absolute atomic E-state index is 0.0158. The number of hydrogen-bond donors (Lipinski definition) is 0. The van der Waals surface area contributed by atoms with Gasteiger partial charge in [0.15, 0.2) is 0 Å². The van der Waals surface area contributed by atoms with Gasteiger partial charge in [0.1, 0.15) is 0 Å². The average molecular weight is 284 g/mol. The highest BCUT2D eigenvalue weighted by molar-refractivity contribution is 6.63. The van der Waals surface area contributed by atoms with Crippen molar-refractivity contribution in [2.75, 3.05) is 6.61 Å². The molecule has 2 heterocycles. The lowest BCUT2D eigenvalue weighted by Crippen LogP contribution is -2.31. The number of carbonyl (C=O) groups is 1. The first kappa shape index (κ1) is 14.3. The molecule has 5 heteroatoms. The van der Waals surface area contributed by atoms with E-state index in [2.05, 4.69) is 0 Å². The normalized spacial score (nSPS) is 18.8. The summed E-state index contributed by atoms with van der Waals surface area (Å²) in [6.45, 7) is 5.04. The molecule has 0 saturated carbocycles. The zero-order valence-corrected chi connectivity index (χ0v) is 12.0. The monoisotopic (exact) mass is 283 g/mol. The Hall–Kier alpha value is -1.13. The van der Waals surface area contributed by atoms with Gasteiger partial charge in [0.2, 0.25) is 5.24 Å². The minimum atomic E-state index is -0.507. The summed E-state index contributed by atoms with van der Waals surface area (Å²) in [5.74, 6) is 0. The Kier molecular flexibility index (Phi) is 4.42. The molecular weight excluding hydrogens is 266 g/mol. The Morgan fingerprint density at radius 3 is 2.84 bits per heavy atom. The molecule has 0 N–H and O–H groups in total. The van der Waals surface area contributed by atoms with Crippen molar-refractivity contribution in [1.29, 1.82) is 0 Å². The van der Waals surface area contributed by atoms with E-state index in [-0.39, 0.29) is 18.1 Å². The number of halogens is 1. The molecule has 1 fully saturated rings. The van der Waals surface area contributed by atoms with E-state index < -0.39 is 5.24 Å². The van der Waals surface area contributed by atoms with Crippen LogP contribution in [0.15, 0.2) is 10.9 Å². The number of rotatable bonds is 4. The predicted molar refractivity (Wildman–Crippen MR) is 73.7 cm³/mol. The van der Waals surface area contributed by atoms with Crippen LogP contribution in [-0.4, -0.2) is 22.5 Å². The van der Waals surface area contributed by atoms with Crippen molar-refractivity contribution in [3.63, 3.8) is 0 Å². The summed E-state index contributed by atoms with van der Waals surface area (Å²) in [4.78, 5) is 23.5. The van der Waals surface area contributed by atoms with E-state index in [1.165, 1.54) is 0 Å². The lowest BCUT2D eigenvalue weighted by molar-refractivity contribution is -0.111. The van der Waals surface area contributed by atoms with Crippen LogP contribution in [0.2, 0.25) is 0 Å². The Labute approximate surface area is 117 Å². The van der Waals surface area contributed by atoms with Crippen molar-refractivity contribution < 1.29 is 9.53 Å². The number of ether oxygens (including phenoxy) is 1. The SMILES string of the molecule is Cc1cc(C)n(CC2CCCO2)c(=O)c1CC(=O)Cl. The highest BCUT2D eigenvalue weighted by atomic mass is 35.5. The number of aryl methyl sites for hydroxylation is 2. The van der Waals surface area contributed by atoms with Gasteiger partial charge in [-0.3, -0.25) is 9.59 Å². The van der Waals surface area contributed by atoms with E-state index in [1.54, 1.807) is 4.57 Å². The highest BCUT2D eigenvalue weighted by Crippen LogP contribution is 2.15. The number of aromatic nitrogens is 1. The van der Waals surface area contributed by atoms with Crippen LogP contribution in [0.4, 0.5) is 0 Å². The second-order valence-electron chi connectivity index (χ2n) is 5.03. The van der Waals surface area contributed by atoms with Gasteiger partial charge >= 0.3 is 0 Å². The molecule has 104 valence electrons. The fraction of sp³-hybridized carbons (Fsp3) is 0.571. The third-order valence-electron chi connectivity index (χ3n) is 3.56. The molecule has 0 aromatic carbocycles. The number of carbonyl (C=O) groups excluding carboxylic acids is 1. The standard InChI is InChI=1S/C14H18ClNO3/c1-9-6-10(2)16(8-11-4-3-5-19-11)14(18)12(9)7-13(15)17/h6,11H,3-5,7-8H2,1-2H3. The largest absolute Gasteiger partial charge is 0.376 e. The topological polar surface area (TPSA) is 48.3 Å². The fourth-order valence-corrected chi connectivity index (χ4v) is 2.68. The smallest absolute Gasteiger partial charge is 0.254 e. The third-order valence-corrected chi connectivity index (χ3v) is 3.69. The van der Waals surface area contributed by atoms with Crippen molar-refractivity contribution in [3.8, 4) is 0 Å². The lowest BCUT2D eigenvalue weighted by Gasteiger charge is -2.17. The molecule has 1 atom stereocenters. The van der Waals surface area contributed by atoms with Crippen molar-refractivity contribution >= 4 is 16.8 Å². The van der Waals surface area contributed by atoms with Crippen LogP contribution in [0.25, 0.3) is 0 Å². The zero-order valence-electron chi connectivity index (χ0n) is 11.2. The summed E-state index contributed by atoms with van der Waals surface area (Å²) in [5.41, 5.74) is 2.08. The predicted octanol–water partition coefficient (Wildman–Crippen LogP) is 1.95. The second-order valence-corrected chi connectivity index (χ2v) is 5.45. The van der Waals surface area contributed by atoms with Gasteiger partial charge in [-0.2, -0.15) is 0 Å². The van der Waals surface area contributed by atoms with Gasteiger partial charge in [-0.25, -0.2) is 0 Å². The Balaban J connectivity index is 2.36. The van der Waals surface area contributed by atoms with Gasteiger partial charge in [-0.1, -0.05) is 0 Å². The van der Waals surface area contributed by atoms with Crippen LogP contribution in [-0.2, 0) is 22.5 Å². The van der Waals surface area contributed by atoms with Crippen molar-refractivity contribution in [2.24, 2.45) is 0 Å². The summed E-state index contributed by atoms with van der Waals surface area (Å²) < 4.78 is 7.26. The Bertz CT molecular complexity index is 544. The van der Waals surface area contributed by atoms with Crippen molar-refractivity contribution in [1.82, 2.24) is 4.57 Å². The summed E-state index contributed by atoms with van der Waals surface area (Å²) >= 11 is 5.41. The molecule has 0 bridgehead atoms. The van der Waals surface area contributed by atoms with Gasteiger partial charge in [-0.15, -0.1) is 0 Å². The van der Waals surface area contributed by atoms with Gasteiger partial charge in [0.05, 0.1) is 19.1 Å². The number of pyridine rings is 1. The first-order valence-electron chi connectivity index (χ1n) is 6.49. The Morgan fingerprint density at radius 1 is 1.53 bits per heavy atom. The maximum Gasteiger partial charge on any atom is 0.254 e. The van der Waals surface area contributed by atoms with E-state index >= 15 is 0 Å². The molecule has 4 nitrogen and oxygen atoms in total. The van der Waals surface area contributed by atoms with Crippen LogP contribution in [0, 0.1) is 13.8 Å². The molecule has 2 rings (SSSR count). The maximum atomic E-state index is 12.4. The van der Waals surface area contributed by atoms with Gasteiger partial charge < -0.3 is 9.30 Å². The van der Waals surface area contributed by atoms with Crippen LogP contribution in [0.3, 0.4) is 0 Å². The molecule has 19 heavy (non-hydrogen) atoms. The quantitative estimate of drug-likeness (QED) is 0.794. The maximum absolute atomic E-state index is 12.4. The van der Waals surface area contributed by atoms with E-state index in [0.717, 1.165) is 30.7 Å². The summed E-state index contributed by atoms with van der Waals surface area (Å²) in [6, 6.07) is 1.92. The van der Waals surface area contributed by atoms with Crippen LogP contribution in [0.1, 0.15) is 29.7 Å². The van der Waals surface area contributed by atoms with E-state index in [0.29, 0.717) is 12.1 Å². The molecular formula is C14H18ClNO3. The Morgan fingerprint density at radius 2 is 2.26 bits per heavy atom. The molecule has 1 aliphatic rings. The molecule has 1 saturated heterocycles. The number of hydrogen-bond acceptors (Lipinski definition) is 3. The molecule has 1 aliphatic heterocycles. The molecule has 1 aromatic rings. The van der Waals surface area contributed by atoms with E-state index in [1.807, 2.05) is 19.9 Å². The van der Waals surface area contributed by atoms with Crippen molar-refractivity contribution in [2.45, 2.75) is 45.8 Å². The summed E-state index contributed by atoms with van der Waals surface area (Å²) in [5, 5.41) is -0.507. The first-order valence-corrected chi connectivity index (χ1v) is 6.86. The lowest BCUT2D eigenvalue weighted by atomic mass is 10.1. The van der Waals surface area contributed by atoms with Gasteiger partial charge in [0, 0.05) is 17.9 Å². The van der Waals surface area contributed by atoms with Gasteiger partial charge in [-0.05, 0) is 49.9 Å². The van der Waals surface area contributed by atoms with E-state index in [4.69, 9.17) is 16.3 Å². The van der Waals surface area contributed by atoms with Crippen LogP contribution >= 0.6 is 11.6 Å². The fourth-order valence-electron chi connectivity index (χ4n) is 2.54. The highest BCUT2D eigenvalue weighted by Gasteiger charge is 2.19. The average Bonchev–Trinajstić information content (AvgIpc) is 2.82. The molecule has 0 aliphatic carbocycles. The molecule has 0 spiro atoms. The van der Waals surface area contributed by atoms with Crippen molar-refractivity contribution in [3.05, 3.63) is 33.2 Å². The molecule has 0 amide bonds. The zero-order chi connectivity index (χ0) is 14.0. The van der Waals surface area contributed by atoms with E-state index in [9.17, 15) is 9.59 Å². The van der Waals surface area contributed by atoms with Crippen LogP contribution < -0.4 is 5.56 Å². The second kappa shape index (κ2) is 5.88. The minimum Gasteiger partial charge on any atom is -0.376 e. The molecule has 1 aromatic heterocycles.